The Hall–Kier alpha value is -3.35. The van der Waals surface area contributed by atoms with Crippen molar-refractivity contribution in [3.8, 4) is 11.5 Å². The number of likely N-dealkylation sites (N-methyl/N-ethyl adjacent to an activating group) is 1. The van der Waals surface area contributed by atoms with Crippen LogP contribution in [0.3, 0.4) is 0 Å². The Kier molecular flexibility index (Phi) is 8.63. The summed E-state index contributed by atoms with van der Waals surface area (Å²) in [7, 11) is 3.19. The van der Waals surface area contributed by atoms with Gasteiger partial charge in [-0.2, -0.15) is 18.3 Å². The highest BCUT2D eigenvalue weighted by molar-refractivity contribution is 9.10. The van der Waals surface area contributed by atoms with Gasteiger partial charge in [0, 0.05) is 20.2 Å². The zero-order valence-electron chi connectivity index (χ0n) is 17.8. The second-order valence-electron chi connectivity index (χ2n) is 6.70. The van der Waals surface area contributed by atoms with Crippen molar-refractivity contribution in [1.82, 2.24) is 4.90 Å². The van der Waals surface area contributed by atoms with Gasteiger partial charge in [-0.15, -0.1) is 0 Å². The Balaban J connectivity index is 2.26. The monoisotopic (exact) mass is 532 g/mol. The molecule has 1 N–H and O–H groups in total. The molecule has 0 saturated carbocycles. The minimum Gasteiger partial charge on any atom is -0.490 e. The fourth-order valence-electron chi connectivity index (χ4n) is 2.46. The van der Waals surface area contributed by atoms with Crippen LogP contribution in [0.4, 0.5) is 24.5 Å². The van der Waals surface area contributed by atoms with Crippen molar-refractivity contribution in [2.75, 3.05) is 32.7 Å². The number of carbonyl (C=O) groups is 1. The van der Waals surface area contributed by atoms with E-state index in [2.05, 4.69) is 26.5 Å². The molecule has 2 aromatic rings. The summed E-state index contributed by atoms with van der Waals surface area (Å²) < 4.78 is 50.1. The van der Waals surface area contributed by atoms with Gasteiger partial charge < -0.3 is 14.4 Å². The van der Waals surface area contributed by atoms with E-state index in [9.17, 15) is 28.1 Å². The van der Waals surface area contributed by atoms with Crippen LogP contribution in [0.5, 0.6) is 11.5 Å². The highest BCUT2D eigenvalue weighted by atomic mass is 79.9. The molecule has 0 fully saturated rings. The molecule has 2 rings (SSSR count). The number of alkyl halides is 3. The zero-order valence-corrected chi connectivity index (χ0v) is 19.4. The van der Waals surface area contributed by atoms with E-state index in [-0.39, 0.29) is 18.2 Å². The van der Waals surface area contributed by atoms with Gasteiger partial charge in [-0.05, 0) is 52.7 Å². The van der Waals surface area contributed by atoms with E-state index in [0.29, 0.717) is 34.2 Å². The van der Waals surface area contributed by atoms with Crippen molar-refractivity contribution in [3.63, 3.8) is 0 Å². The van der Waals surface area contributed by atoms with E-state index >= 15 is 0 Å². The van der Waals surface area contributed by atoms with Crippen LogP contribution in [0, 0.1) is 10.1 Å². The van der Waals surface area contributed by atoms with Crippen molar-refractivity contribution in [1.29, 1.82) is 0 Å². The first-order valence-corrected chi connectivity index (χ1v) is 10.2. The van der Waals surface area contributed by atoms with E-state index in [1.54, 1.807) is 33.2 Å². The fraction of sp³-hybridized carbons (Fsp3) is 0.300. The Morgan fingerprint density at radius 3 is 2.55 bits per heavy atom. The van der Waals surface area contributed by atoms with Crippen LogP contribution in [0.15, 0.2) is 39.9 Å². The first kappa shape index (κ1) is 25.9. The maximum Gasteiger partial charge on any atom is 0.416 e. The molecule has 0 aliphatic carbocycles. The number of hydrogen-bond donors (Lipinski definition) is 1. The van der Waals surface area contributed by atoms with Crippen LogP contribution in [-0.4, -0.2) is 49.3 Å². The quantitative estimate of drug-likeness (QED) is 0.285. The van der Waals surface area contributed by atoms with E-state index in [1.165, 1.54) is 11.1 Å². The first-order chi connectivity index (χ1) is 15.4. The van der Waals surface area contributed by atoms with Gasteiger partial charge in [-0.1, -0.05) is 0 Å². The fourth-order valence-corrected chi connectivity index (χ4v) is 3.03. The van der Waals surface area contributed by atoms with Crippen LogP contribution in [0.2, 0.25) is 0 Å². The molecule has 9 nitrogen and oxygen atoms in total. The molecule has 0 saturated heterocycles. The molecule has 13 heteroatoms. The lowest BCUT2D eigenvalue weighted by Crippen LogP contribution is -2.27. The molecular weight excluding hydrogens is 513 g/mol. The Labute approximate surface area is 195 Å². The van der Waals surface area contributed by atoms with Crippen molar-refractivity contribution in [3.05, 3.63) is 56.0 Å². The number of hydrogen-bond acceptors (Lipinski definition) is 7. The molecule has 178 valence electrons. The summed E-state index contributed by atoms with van der Waals surface area (Å²) >= 11 is 3.34. The van der Waals surface area contributed by atoms with Crippen molar-refractivity contribution in [2.24, 2.45) is 5.10 Å². The molecule has 0 radical (unpaired) electrons. The second-order valence-corrected chi connectivity index (χ2v) is 7.55. The van der Waals surface area contributed by atoms with E-state index in [1.807, 2.05) is 0 Å². The van der Waals surface area contributed by atoms with Crippen LogP contribution in [0.1, 0.15) is 18.1 Å². The molecular formula is C20H20BrF3N4O5. The largest absolute Gasteiger partial charge is 0.490 e. The van der Waals surface area contributed by atoms with Gasteiger partial charge in [-0.25, -0.2) is 0 Å². The number of amides is 1. The maximum absolute atomic E-state index is 12.8. The highest BCUT2D eigenvalue weighted by Gasteiger charge is 2.33. The van der Waals surface area contributed by atoms with Gasteiger partial charge in [-0.3, -0.25) is 20.3 Å². The molecule has 0 spiro atoms. The number of benzene rings is 2. The van der Waals surface area contributed by atoms with E-state index < -0.39 is 22.4 Å². The lowest BCUT2D eigenvalue weighted by molar-refractivity contribution is -0.384. The SMILES string of the molecule is CCOc1cc(/C=N/Nc2ccc(C(F)(F)F)cc2[N+](=O)[O-])cc(Br)c1OCC(=O)N(C)C. The van der Waals surface area contributed by atoms with Gasteiger partial charge >= 0.3 is 6.18 Å². The molecule has 0 bridgehead atoms. The van der Waals surface area contributed by atoms with Crippen molar-refractivity contribution in [2.45, 2.75) is 13.1 Å². The lowest BCUT2D eigenvalue weighted by atomic mass is 10.1. The maximum atomic E-state index is 12.8. The molecule has 2 aromatic carbocycles. The number of ether oxygens (including phenoxy) is 2. The second kappa shape index (κ2) is 11.0. The van der Waals surface area contributed by atoms with Gasteiger partial charge in [0.05, 0.1) is 27.8 Å². The third kappa shape index (κ3) is 7.07. The minimum absolute atomic E-state index is 0.210. The molecule has 0 aliphatic heterocycles. The first-order valence-electron chi connectivity index (χ1n) is 9.38. The molecule has 1 amide bonds. The number of halogens is 4. The van der Waals surface area contributed by atoms with Crippen molar-refractivity contribution < 1.29 is 32.4 Å². The van der Waals surface area contributed by atoms with Gasteiger partial charge in [0.15, 0.2) is 18.1 Å². The third-order valence-electron chi connectivity index (χ3n) is 4.09. The number of nitro groups is 1. The highest BCUT2D eigenvalue weighted by Crippen LogP contribution is 2.37. The molecule has 0 atom stereocenters. The van der Waals surface area contributed by atoms with E-state index in [0.717, 1.165) is 12.1 Å². The number of carbonyl (C=O) groups excluding carboxylic acids is 1. The Bertz CT molecular complexity index is 1060. The average Bonchev–Trinajstić information content (AvgIpc) is 2.72. The summed E-state index contributed by atoms with van der Waals surface area (Å²) in [6, 6.07) is 5.25. The number of nitrogens with one attached hydrogen (secondary N) is 1. The van der Waals surface area contributed by atoms with Crippen LogP contribution < -0.4 is 14.9 Å². The smallest absolute Gasteiger partial charge is 0.416 e. The average molecular weight is 533 g/mol. The molecule has 0 unspecified atom stereocenters. The predicted octanol–water partition coefficient (Wildman–Crippen LogP) is 4.69. The summed E-state index contributed by atoms with van der Waals surface area (Å²) in [5, 5.41) is 15.0. The summed E-state index contributed by atoms with van der Waals surface area (Å²) in [6.07, 6.45) is -3.42. The molecule has 0 aromatic heterocycles. The minimum atomic E-state index is -4.71. The Morgan fingerprint density at radius 1 is 1.27 bits per heavy atom. The number of nitrogens with zero attached hydrogens (tertiary/aromatic N) is 3. The van der Waals surface area contributed by atoms with Gasteiger partial charge in [0.1, 0.15) is 5.69 Å². The lowest BCUT2D eigenvalue weighted by Gasteiger charge is -2.16. The van der Waals surface area contributed by atoms with Crippen LogP contribution >= 0.6 is 15.9 Å². The number of hydrazone groups is 1. The summed E-state index contributed by atoms with van der Waals surface area (Å²) in [6.45, 7) is 1.86. The van der Waals surface area contributed by atoms with Gasteiger partial charge in [0.2, 0.25) is 0 Å². The third-order valence-corrected chi connectivity index (χ3v) is 4.68. The van der Waals surface area contributed by atoms with Crippen molar-refractivity contribution >= 4 is 39.4 Å². The summed E-state index contributed by atoms with van der Waals surface area (Å²) in [5.41, 5.74) is 0.743. The topological polar surface area (TPSA) is 106 Å². The normalized spacial score (nSPS) is 11.4. The number of nitro benzene ring substituents is 1. The Morgan fingerprint density at radius 2 is 1.97 bits per heavy atom. The summed E-state index contributed by atoms with van der Waals surface area (Å²) in [5.74, 6) is 0.369. The summed E-state index contributed by atoms with van der Waals surface area (Å²) in [4.78, 5) is 23.4. The van der Waals surface area contributed by atoms with Crippen LogP contribution in [0.25, 0.3) is 0 Å². The number of rotatable bonds is 9. The van der Waals surface area contributed by atoms with Crippen LogP contribution in [-0.2, 0) is 11.0 Å². The predicted molar refractivity (Wildman–Crippen MR) is 119 cm³/mol. The number of anilines is 1. The molecule has 33 heavy (non-hydrogen) atoms. The van der Waals surface area contributed by atoms with Gasteiger partial charge in [0.25, 0.3) is 11.6 Å². The molecule has 0 heterocycles. The standard InChI is InChI=1S/C20H20BrF3N4O5/c1-4-32-17-8-12(7-14(21)19(17)33-11-18(29)27(2)3)10-25-26-15-6-5-13(20(22,23)24)9-16(15)28(30)31/h5-10,26H,4,11H2,1-3H3/b25-10+. The zero-order chi connectivity index (χ0) is 24.8. The molecule has 0 aliphatic rings. The van der Waals surface area contributed by atoms with E-state index in [4.69, 9.17) is 9.47 Å².